The molecule has 0 unspecified atom stereocenters. The third kappa shape index (κ3) is 4.10. The molecular weight excluding hydrogens is 314 g/mol. The van der Waals surface area contributed by atoms with Crippen LogP contribution in [0.15, 0.2) is 29.6 Å². The molecule has 0 spiro atoms. The Bertz CT molecular complexity index is 691. The van der Waals surface area contributed by atoms with Gasteiger partial charge in [0.1, 0.15) is 10.8 Å². The van der Waals surface area contributed by atoms with Crippen molar-refractivity contribution in [1.29, 1.82) is 0 Å². The second-order valence-corrected chi connectivity index (χ2v) is 5.90. The summed E-state index contributed by atoms with van der Waals surface area (Å²) in [5.74, 6) is -0.799. The van der Waals surface area contributed by atoms with E-state index in [9.17, 15) is 14.7 Å². The van der Waals surface area contributed by atoms with Crippen LogP contribution in [0.5, 0.6) is 5.75 Å². The van der Waals surface area contributed by atoms with Crippen molar-refractivity contribution in [3.63, 3.8) is 0 Å². The molecule has 1 aromatic carbocycles. The minimum absolute atomic E-state index is 0.0185. The number of ether oxygens (including phenoxy) is 1. The maximum Gasteiger partial charge on any atom is 0.224 e. The molecule has 0 saturated carbocycles. The van der Waals surface area contributed by atoms with Crippen LogP contribution in [0.3, 0.4) is 0 Å². The maximum atomic E-state index is 11.8. The van der Waals surface area contributed by atoms with Gasteiger partial charge in [-0.15, -0.1) is 11.3 Å². The number of carboxylic acids is 1. The van der Waals surface area contributed by atoms with Crippen molar-refractivity contribution >= 4 is 28.2 Å². The zero-order valence-electron chi connectivity index (χ0n) is 13.0. The first kappa shape index (κ1) is 17.0. The molecule has 6 heteroatoms. The molecule has 0 fully saturated rings. The van der Waals surface area contributed by atoms with Crippen LogP contribution in [0.4, 0.5) is 5.00 Å². The number of carbonyl (C=O) groups is 2. The highest BCUT2D eigenvalue weighted by molar-refractivity contribution is 7.15. The van der Waals surface area contributed by atoms with Crippen LogP contribution in [0.1, 0.15) is 36.5 Å². The molecule has 0 atom stereocenters. The molecule has 0 radical (unpaired) electrons. The van der Waals surface area contributed by atoms with Gasteiger partial charge in [0.25, 0.3) is 0 Å². The first-order valence-corrected chi connectivity index (χ1v) is 8.21. The molecule has 5 nitrogen and oxygen atoms in total. The quantitative estimate of drug-likeness (QED) is 0.845. The van der Waals surface area contributed by atoms with Gasteiger partial charge in [0, 0.05) is 22.9 Å². The molecule has 122 valence electrons. The van der Waals surface area contributed by atoms with Crippen LogP contribution in [-0.2, 0) is 4.79 Å². The van der Waals surface area contributed by atoms with Gasteiger partial charge in [0.15, 0.2) is 0 Å². The number of carboxylic acid groups (broad SMARTS) is 1. The van der Waals surface area contributed by atoms with E-state index in [1.165, 1.54) is 11.3 Å². The summed E-state index contributed by atoms with van der Waals surface area (Å²) in [4.78, 5) is 23.4. The van der Waals surface area contributed by atoms with Crippen LogP contribution in [0.25, 0.3) is 11.1 Å². The number of anilines is 1. The van der Waals surface area contributed by atoms with E-state index < -0.39 is 5.97 Å². The molecule has 1 heterocycles. The lowest BCUT2D eigenvalue weighted by atomic mass is 10.0. The van der Waals surface area contributed by atoms with Crippen molar-refractivity contribution in [2.24, 2.45) is 0 Å². The fraction of sp³-hybridized carbons (Fsp3) is 0.294. The summed E-state index contributed by atoms with van der Waals surface area (Å²) in [6.45, 7) is 1.99. The first-order chi connectivity index (χ1) is 11.1. The summed E-state index contributed by atoms with van der Waals surface area (Å²) in [5, 5.41) is 16.2. The van der Waals surface area contributed by atoms with E-state index in [1.54, 1.807) is 36.8 Å². The second kappa shape index (κ2) is 7.78. The highest BCUT2D eigenvalue weighted by atomic mass is 32.1. The number of aromatic carboxylic acids is 1. The zero-order chi connectivity index (χ0) is 16.8. The predicted octanol–water partition coefficient (Wildman–Crippen LogP) is 2.92. The summed E-state index contributed by atoms with van der Waals surface area (Å²) < 4.78 is 5.10. The third-order valence-electron chi connectivity index (χ3n) is 3.41. The van der Waals surface area contributed by atoms with E-state index in [2.05, 4.69) is 5.32 Å². The molecule has 1 amide bonds. The Kier molecular flexibility index (Phi) is 5.76. The molecule has 2 aromatic rings. The van der Waals surface area contributed by atoms with E-state index in [-0.39, 0.29) is 11.5 Å². The van der Waals surface area contributed by atoms with Gasteiger partial charge < -0.3 is 20.0 Å². The monoisotopic (exact) mass is 332 g/mol. The van der Waals surface area contributed by atoms with Crippen LogP contribution in [-0.4, -0.2) is 19.0 Å². The Morgan fingerprint density at radius 3 is 2.52 bits per heavy atom. The third-order valence-corrected chi connectivity index (χ3v) is 4.30. The lowest BCUT2D eigenvalue weighted by Gasteiger charge is -2.10. The van der Waals surface area contributed by atoms with E-state index in [4.69, 9.17) is 4.74 Å². The lowest BCUT2D eigenvalue weighted by molar-refractivity contribution is -0.254. The largest absolute Gasteiger partial charge is 0.545 e. The zero-order valence-corrected chi connectivity index (χ0v) is 13.9. The van der Waals surface area contributed by atoms with Crippen LogP contribution in [0, 0.1) is 0 Å². The summed E-state index contributed by atoms with van der Waals surface area (Å²) >= 11 is 1.19. The summed E-state index contributed by atoms with van der Waals surface area (Å²) in [6, 6.07) is 7.06. The van der Waals surface area contributed by atoms with Crippen molar-refractivity contribution in [3.05, 3.63) is 35.2 Å². The van der Waals surface area contributed by atoms with Crippen LogP contribution >= 0.6 is 11.3 Å². The van der Waals surface area contributed by atoms with Gasteiger partial charge in [-0.1, -0.05) is 25.5 Å². The number of unbranched alkanes of at least 4 members (excludes halogenated alkanes) is 1. The lowest BCUT2D eigenvalue weighted by Crippen LogP contribution is -2.24. The van der Waals surface area contributed by atoms with Gasteiger partial charge >= 0.3 is 0 Å². The van der Waals surface area contributed by atoms with Crippen LogP contribution in [0.2, 0.25) is 0 Å². The van der Waals surface area contributed by atoms with E-state index in [1.807, 2.05) is 6.92 Å². The van der Waals surface area contributed by atoms with E-state index in [0.717, 1.165) is 18.4 Å². The Labute approximate surface area is 138 Å². The minimum Gasteiger partial charge on any atom is -0.545 e. The number of thiophene rings is 1. The molecule has 0 aliphatic heterocycles. The number of carbonyl (C=O) groups excluding carboxylic acids is 2. The summed E-state index contributed by atoms with van der Waals surface area (Å²) in [7, 11) is 1.57. The normalized spacial score (nSPS) is 10.3. The molecule has 0 bridgehead atoms. The van der Waals surface area contributed by atoms with Gasteiger partial charge in [0.05, 0.1) is 13.1 Å². The number of rotatable bonds is 7. The van der Waals surface area contributed by atoms with Crippen molar-refractivity contribution in [2.75, 3.05) is 12.4 Å². The number of hydrogen-bond acceptors (Lipinski definition) is 5. The van der Waals surface area contributed by atoms with Gasteiger partial charge in [0.2, 0.25) is 5.91 Å². The highest BCUT2D eigenvalue weighted by Crippen LogP contribution is 2.36. The SMILES string of the molecule is CCCCC(=O)Nc1scc(-c2ccc(OC)cc2)c1C(=O)[O-]. The second-order valence-electron chi connectivity index (χ2n) is 5.02. The fourth-order valence-corrected chi connectivity index (χ4v) is 3.14. The topological polar surface area (TPSA) is 78.5 Å². The molecule has 1 aromatic heterocycles. The van der Waals surface area contributed by atoms with Crippen molar-refractivity contribution < 1.29 is 19.4 Å². The molecular formula is C17H18NO4S-. The molecule has 0 aliphatic carbocycles. The summed E-state index contributed by atoms with van der Waals surface area (Å²) in [6.07, 6.45) is 2.05. The fourth-order valence-electron chi connectivity index (χ4n) is 2.16. The molecule has 23 heavy (non-hydrogen) atoms. The van der Waals surface area contributed by atoms with Gasteiger partial charge in [-0.25, -0.2) is 0 Å². The molecule has 0 aliphatic rings. The minimum atomic E-state index is -1.30. The first-order valence-electron chi connectivity index (χ1n) is 7.34. The summed E-state index contributed by atoms with van der Waals surface area (Å²) in [5.41, 5.74) is 1.28. The number of hydrogen-bond donors (Lipinski definition) is 1. The average molecular weight is 332 g/mol. The number of methoxy groups -OCH3 is 1. The van der Waals surface area contributed by atoms with E-state index in [0.29, 0.717) is 22.7 Å². The standard InChI is InChI=1S/C17H19NO4S/c1-3-4-5-14(19)18-16-15(17(20)21)13(10-23-16)11-6-8-12(22-2)9-7-11/h6-10H,3-5H2,1-2H3,(H,18,19)(H,20,21)/p-1. The Morgan fingerprint density at radius 2 is 1.96 bits per heavy atom. The number of nitrogens with one attached hydrogen (secondary N) is 1. The highest BCUT2D eigenvalue weighted by Gasteiger charge is 2.16. The number of benzene rings is 1. The molecule has 0 saturated heterocycles. The number of amides is 1. The van der Waals surface area contributed by atoms with E-state index >= 15 is 0 Å². The van der Waals surface area contributed by atoms with Gasteiger partial charge in [-0.2, -0.15) is 0 Å². The van der Waals surface area contributed by atoms with Crippen LogP contribution < -0.4 is 15.2 Å². The molecule has 2 rings (SSSR count). The van der Waals surface area contributed by atoms with Gasteiger partial charge in [-0.05, 0) is 24.1 Å². The van der Waals surface area contributed by atoms with Crippen molar-refractivity contribution in [3.8, 4) is 16.9 Å². The smallest absolute Gasteiger partial charge is 0.224 e. The maximum absolute atomic E-state index is 11.8. The Morgan fingerprint density at radius 1 is 1.26 bits per heavy atom. The molecule has 1 N–H and O–H groups in total. The Balaban J connectivity index is 2.30. The Hall–Kier alpha value is -2.34. The average Bonchev–Trinajstić information content (AvgIpc) is 2.96. The predicted molar refractivity (Wildman–Crippen MR) is 88.8 cm³/mol. The van der Waals surface area contributed by atoms with Crippen molar-refractivity contribution in [1.82, 2.24) is 0 Å². The van der Waals surface area contributed by atoms with Gasteiger partial charge in [-0.3, -0.25) is 4.79 Å². The van der Waals surface area contributed by atoms with Crippen molar-refractivity contribution in [2.45, 2.75) is 26.2 Å².